The maximum atomic E-state index is 14.5. The Bertz CT molecular complexity index is 1920. The van der Waals surface area contributed by atoms with Gasteiger partial charge in [-0.05, 0) is 101 Å². The van der Waals surface area contributed by atoms with Gasteiger partial charge < -0.3 is 30.5 Å². The van der Waals surface area contributed by atoms with Crippen LogP contribution in [0.25, 0.3) is 11.1 Å². The zero-order valence-corrected chi connectivity index (χ0v) is 35.8. The Kier molecular flexibility index (Phi) is 15.4. The number of alkyl carbamates (subject to hydrolysis) is 1. The van der Waals surface area contributed by atoms with Gasteiger partial charge in [-0.3, -0.25) is 19.2 Å². The fourth-order valence-electron chi connectivity index (χ4n) is 6.77. The third-order valence-corrected chi connectivity index (χ3v) is 11.0. The minimum absolute atomic E-state index is 0.00331. The molecule has 1 saturated carbocycles. The molecule has 0 spiro atoms. The van der Waals surface area contributed by atoms with Crippen LogP contribution >= 0.6 is 11.6 Å². The van der Waals surface area contributed by atoms with E-state index >= 15 is 0 Å². The molecule has 1 aliphatic heterocycles. The van der Waals surface area contributed by atoms with E-state index < -0.39 is 69.5 Å². The Balaban J connectivity index is 1.67. The lowest BCUT2D eigenvalue weighted by molar-refractivity contribution is -0.145. The highest BCUT2D eigenvalue weighted by Gasteiger charge is 2.42. The van der Waals surface area contributed by atoms with Crippen LogP contribution in [0.3, 0.4) is 0 Å². The van der Waals surface area contributed by atoms with Gasteiger partial charge in [0.2, 0.25) is 23.6 Å². The second-order valence-electron chi connectivity index (χ2n) is 16.4. The smallest absolute Gasteiger partial charge is 0.408 e. The van der Waals surface area contributed by atoms with Crippen molar-refractivity contribution in [3.05, 3.63) is 53.3 Å². The zero-order chi connectivity index (χ0) is 42.2. The average Bonchev–Trinajstić information content (AvgIpc) is 3.83. The summed E-state index contributed by atoms with van der Waals surface area (Å²) in [5.41, 5.74) is 0.853. The first kappa shape index (κ1) is 45.3. The number of halogens is 1. The average molecular weight is 832 g/mol. The maximum Gasteiger partial charge on any atom is 0.408 e. The molecule has 5 amide bonds. The van der Waals surface area contributed by atoms with E-state index in [-0.39, 0.29) is 31.1 Å². The van der Waals surface area contributed by atoms with Crippen LogP contribution in [0.4, 0.5) is 4.79 Å². The van der Waals surface area contributed by atoms with Crippen molar-refractivity contribution in [2.75, 3.05) is 26.9 Å². The molecule has 57 heavy (non-hydrogen) atoms. The first-order valence-corrected chi connectivity index (χ1v) is 21.7. The van der Waals surface area contributed by atoms with E-state index in [1.54, 1.807) is 39.0 Å². The number of nitrogens with zero attached hydrogens (tertiary/aromatic N) is 4. The Morgan fingerprint density at radius 1 is 1.09 bits per heavy atom. The Labute approximate surface area is 341 Å². The molecule has 4 rings (SSSR count). The monoisotopic (exact) mass is 831 g/mol. The number of likely N-dealkylation sites (N-methyl/N-ethyl adjacent to an activating group) is 2. The minimum Gasteiger partial charge on any atom is -0.444 e. The zero-order valence-electron chi connectivity index (χ0n) is 34.2. The van der Waals surface area contributed by atoms with Gasteiger partial charge in [0.15, 0.2) is 0 Å². The van der Waals surface area contributed by atoms with E-state index in [2.05, 4.69) is 21.0 Å². The van der Waals surface area contributed by atoms with Crippen LogP contribution in [0.5, 0.6) is 0 Å². The molecule has 2 aromatic rings. The first-order chi connectivity index (χ1) is 26.7. The summed E-state index contributed by atoms with van der Waals surface area (Å²) in [4.78, 5) is 72.3. The molecular formula is C40H58ClN7O8S. The molecule has 1 aromatic heterocycles. The van der Waals surface area contributed by atoms with Gasteiger partial charge >= 0.3 is 6.09 Å². The summed E-state index contributed by atoms with van der Waals surface area (Å²) >= 11 is 6.45. The van der Waals surface area contributed by atoms with Gasteiger partial charge in [0.1, 0.15) is 29.8 Å². The van der Waals surface area contributed by atoms with Crippen molar-refractivity contribution in [1.82, 2.24) is 34.9 Å². The van der Waals surface area contributed by atoms with Gasteiger partial charge in [0.25, 0.3) is 10.0 Å². The summed E-state index contributed by atoms with van der Waals surface area (Å²) < 4.78 is 30.7. The van der Waals surface area contributed by atoms with Crippen LogP contribution in [0.2, 0.25) is 5.02 Å². The summed E-state index contributed by atoms with van der Waals surface area (Å²) in [5.74, 6) is -2.03. The highest BCUT2D eigenvalue weighted by molar-refractivity contribution is 7.89. The van der Waals surface area contributed by atoms with Crippen LogP contribution in [-0.4, -0.2) is 114 Å². The largest absolute Gasteiger partial charge is 0.444 e. The number of benzene rings is 1. The van der Waals surface area contributed by atoms with E-state index in [0.717, 1.165) is 23.2 Å². The highest BCUT2D eigenvalue weighted by atomic mass is 35.5. The van der Waals surface area contributed by atoms with Crippen LogP contribution < -0.4 is 16.0 Å². The Hall–Kier alpha value is -4.44. The van der Waals surface area contributed by atoms with Crippen LogP contribution in [0.1, 0.15) is 85.1 Å². The van der Waals surface area contributed by atoms with Gasteiger partial charge in [-0.25, -0.2) is 13.2 Å². The van der Waals surface area contributed by atoms with Crippen molar-refractivity contribution < 1.29 is 37.1 Å². The molecule has 1 aromatic carbocycles. The van der Waals surface area contributed by atoms with Crippen molar-refractivity contribution >= 4 is 51.3 Å². The lowest BCUT2D eigenvalue weighted by Gasteiger charge is -2.34. The molecular weight excluding hydrogens is 774 g/mol. The number of nitrogens with one attached hydrogen (secondary N) is 3. The van der Waals surface area contributed by atoms with Gasteiger partial charge in [-0.2, -0.15) is 9.19 Å². The van der Waals surface area contributed by atoms with Gasteiger partial charge in [0, 0.05) is 37.6 Å². The summed E-state index contributed by atoms with van der Waals surface area (Å²) in [6.07, 6.45) is 10.7. The number of allylic oxidation sites excluding steroid dienone is 2. The van der Waals surface area contributed by atoms with Crippen molar-refractivity contribution in [3.63, 3.8) is 0 Å². The quantitative estimate of drug-likeness (QED) is 0.294. The predicted molar refractivity (Wildman–Crippen MR) is 218 cm³/mol. The molecule has 2 aliphatic rings. The maximum absolute atomic E-state index is 14.5. The van der Waals surface area contributed by atoms with Crippen LogP contribution in [0, 0.1) is 11.8 Å². The third kappa shape index (κ3) is 13.0. The number of ether oxygens (including phenoxy) is 1. The predicted octanol–water partition coefficient (Wildman–Crippen LogP) is 4.29. The fourth-order valence-corrected chi connectivity index (χ4v) is 7.49. The summed E-state index contributed by atoms with van der Waals surface area (Å²) in [6, 6.07) is 1.04. The van der Waals surface area contributed by atoms with Gasteiger partial charge in [0.05, 0.1) is 18.6 Å². The standard InChI is InChI=1S/C40H58ClN7O8S/c1-25(2)20-31-37(51)47(7)33(22-27-21-29(41)17-18-30(27)28-23-43-48(24-28)57(8,54)55)35(49)42-19-13-11-9-10-12-14-32(36(50)44-31)46(6)38(52)34(26-15-16-26)45-39(53)56-40(3,4)5/h9-10,17-18,21,23-26,31-34H,11-16,19-20,22H2,1-8H3,(H,42,49)(H,44,50)(H,45,53)/t31-,32-,33-,34-/m0/s1. The van der Waals surface area contributed by atoms with E-state index in [4.69, 9.17) is 16.3 Å². The molecule has 1 aliphatic carbocycles. The summed E-state index contributed by atoms with van der Waals surface area (Å²) in [6.45, 7) is 9.37. The molecule has 3 N–H and O–H groups in total. The van der Waals surface area contributed by atoms with Gasteiger partial charge in [-0.1, -0.05) is 43.7 Å². The van der Waals surface area contributed by atoms with E-state index in [9.17, 15) is 32.4 Å². The number of hydrogen-bond acceptors (Lipinski definition) is 9. The fraction of sp³-hybridized carbons (Fsp3) is 0.600. The molecule has 4 atom stereocenters. The number of aromatic nitrogens is 2. The Morgan fingerprint density at radius 3 is 2.39 bits per heavy atom. The summed E-state index contributed by atoms with van der Waals surface area (Å²) in [5, 5.41) is 13.0. The number of rotatable bonds is 10. The SMILES string of the molecule is CC(C)C[C@@H]1NC(=O)[C@@H](N(C)C(=O)[C@@H](NC(=O)OC(C)(C)C)C2CC2)CCC=CCCCNC(=O)[C@H](Cc2cc(Cl)ccc2-c2cnn(S(C)(=O)=O)c2)N(C)C1=O. The lowest BCUT2D eigenvalue weighted by Crippen LogP contribution is -2.59. The molecule has 0 bridgehead atoms. The normalized spacial score (nSPS) is 21.1. The van der Waals surface area contributed by atoms with Crippen LogP contribution in [0.15, 0.2) is 42.7 Å². The number of carbonyl (C=O) groups is 5. The van der Waals surface area contributed by atoms with Gasteiger partial charge in [-0.15, -0.1) is 0 Å². The topological polar surface area (TPSA) is 189 Å². The number of amides is 5. The van der Waals surface area contributed by atoms with Crippen molar-refractivity contribution in [2.45, 2.75) is 116 Å². The molecule has 0 saturated heterocycles. The lowest BCUT2D eigenvalue weighted by atomic mass is 9.94. The third-order valence-electron chi connectivity index (χ3n) is 9.90. The minimum atomic E-state index is -3.67. The molecule has 0 radical (unpaired) electrons. The second kappa shape index (κ2) is 19.3. The molecule has 17 heteroatoms. The van der Waals surface area contributed by atoms with E-state index in [0.29, 0.717) is 47.5 Å². The van der Waals surface area contributed by atoms with E-state index in [1.807, 2.05) is 26.0 Å². The molecule has 1 fully saturated rings. The first-order valence-electron chi connectivity index (χ1n) is 19.5. The molecule has 2 heterocycles. The van der Waals surface area contributed by atoms with Crippen molar-refractivity contribution in [2.24, 2.45) is 11.8 Å². The number of hydrogen-bond donors (Lipinski definition) is 3. The molecule has 0 unspecified atom stereocenters. The Morgan fingerprint density at radius 2 is 1.77 bits per heavy atom. The highest BCUT2D eigenvalue weighted by Crippen LogP contribution is 2.34. The van der Waals surface area contributed by atoms with Crippen LogP contribution in [-0.2, 0) is 40.4 Å². The van der Waals surface area contributed by atoms with Crippen molar-refractivity contribution in [3.8, 4) is 11.1 Å². The summed E-state index contributed by atoms with van der Waals surface area (Å²) in [7, 11) is -0.618. The number of carbonyl (C=O) groups excluding carboxylic acids is 5. The van der Waals surface area contributed by atoms with E-state index in [1.165, 1.54) is 36.3 Å². The second-order valence-corrected chi connectivity index (χ2v) is 18.7. The van der Waals surface area contributed by atoms with Crippen molar-refractivity contribution in [1.29, 1.82) is 0 Å². The molecule has 314 valence electrons. The molecule has 15 nitrogen and oxygen atoms in total.